The molecule has 0 radical (unpaired) electrons. The normalized spacial score (nSPS) is 12.3. The van der Waals surface area contributed by atoms with Crippen LogP contribution in [0.4, 0.5) is 10.5 Å². The molecule has 6 nitrogen and oxygen atoms in total. The van der Waals surface area contributed by atoms with Crippen molar-refractivity contribution in [3.8, 4) is 0 Å². The SMILES string of the molecule is CC(=O)SCCC[C@H](NC(=O)OC(C)(C)C)C(=O)Nc1ccc2ccccc2c1. The molecule has 0 aliphatic rings. The highest BCUT2D eigenvalue weighted by atomic mass is 32.2. The van der Waals surface area contributed by atoms with Gasteiger partial charge < -0.3 is 15.4 Å². The molecule has 156 valence electrons. The molecule has 7 heteroatoms. The lowest BCUT2D eigenvalue weighted by Crippen LogP contribution is -2.45. The van der Waals surface area contributed by atoms with Crippen LogP contribution in [0.15, 0.2) is 42.5 Å². The minimum atomic E-state index is -0.760. The lowest BCUT2D eigenvalue weighted by atomic mass is 10.1. The first-order chi connectivity index (χ1) is 13.6. The van der Waals surface area contributed by atoms with E-state index in [2.05, 4.69) is 10.6 Å². The Bertz CT molecular complexity index is 876. The monoisotopic (exact) mass is 416 g/mol. The van der Waals surface area contributed by atoms with Gasteiger partial charge in [0, 0.05) is 18.4 Å². The van der Waals surface area contributed by atoms with Crippen LogP contribution in [-0.4, -0.2) is 34.5 Å². The molecule has 1 atom stereocenters. The summed E-state index contributed by atoms with van der Waals surface area (Å²) >= 11 is 1.20. The number of alkyl carbamates (subject to hydrolysis) is 1. The van der Waals surface area contributed by atoms with Crippen LogP contribution in [-0.2, 0) is 14.3 Å². The van der Waals surface area contributed by atoms with Gasteiger partial charge in [-0.25, -0.2) is 4.79 Å². The van der Waals surface area contributed by atoms with Crippen molar-refractivity contribution in [3.63, 3.8) is 0 Å². The third-order valence-electron chi connectivity index (χ3n) is 3.97. The lowest BCUT2D eigenvalue weighted by Gasteiger charge is -2.23. The minimum Gasteiger partial charge on any atom is -0.444 e. The van der Waals surface area contributed by atoms with Crippen LogP contribution in [0.1, 0.15) is 40.5 Å². The molecule has 0 saturated carbocycles. The lowest BCUT2D eigenvalue weighted by molar-refractivity contribution is -0.118. The number of thioether (sulfide) groups is 1. The Hall–Kier alpha value is -2.54. The second-order valence-electron chi connectivity index (χ2n) is 7.73. The maximum Gasteiger partial charge on any atom is 0.408 e. The van der Waals surface area contributed by atoms with Gasteiger partial charge in [0.1, 0.15) is 11.6 Å². The third-order valence-corrected chi connectivity index (χ3v) is 4.87. The summed E-state index contributed by atoms with van der Waals surface area (Å²) in [5, 5.41) is 7.64. The number of amides is 2. The van der Waals surface area contributed by atoms with Crippen molar-refractivity contribution < 1.29 is 19.1 Å². The molecule has 0 bridgehead atoms. The number of benzene rings is 2. The summed E-state index contributed by atoms with van der Waals surface area (Å²) in [6.07, 6.45) is 0.366. The van der Waals surface area contributed by atoms with Gasteiger partial charge in [-0.1, -0.05) is 42.1 Å². The smallest absolute Gasteiger partial charge is 0.408 e. The van der Waals surface area contributed by atoms with Gasteiger partial charge in [0.2, 0.25) is 5.91 Å². The zero-order chi connectivity index (χ0) is 21.4. The van der Waals surface area contributed by atoms with Gasteiger partial charge in [-0.3, -0.25) is 9.59 Å². The summed E-state index contributed by atoms with van der Waals surface area (Å²) < 4.78 is 5.28. The van der Waals surface area contributed by atoms with Crippen molar-refractivity contribution in [2.45, 2.75) is 52.2 Å². The molecule has 0 aromatic heterocycles. The molecule has 2 amide bonds. The molecule has 2 aromatic rings. The van der Waals surface area contributed by atoms with E-state index in [1.807, 2.05) is 42.5 Å². The van der Waals surface area contributed by atoms with Gasteiger partial charge in [0.25, 0.3) is 0 Å². The Morgan fingerprint density at radius 3 is 2.41 bits per heavy atom. The Kier molecular flexibility index (Phi) is 8.08. The molecular formula is C22H28N2O4S. The molecular weight excluding hydrogens is 388 g/mol. The number of anilines is 1. The number of nitrogens with one attached hydrogen (secondary N) is 2. The molecule has 0 aliphatic heterocycles. The van der Waals surface area contributed by atoms with E-state index in [0.29, 0.717) is 24.3 Å². The van der Waals surface area contributed by atoms with Crippen molar-refractivity contribution in [1.29, 1.82) is 0 Å². The average Bonchev–Trinajstić information content (AvgIpc) is 2.62. The van der Waals surface area contributed by atoms with Crippen LogP contribution < -0.4 is 10.6 Å². The molecule has 2 rings (SSSR count). The number of hydrogen-bond acceptors (Lipinski definition) is 5. The van der Waals surface area contributed by atoms with Gasteiger partial charge in [0.05, 0.1) is 0 Å². The zero-order valence-corrected chi connectivity index (χ0v) is 18.1. The first-order valence-electron chi connectivity index (χ1n) is 9.56. The predicted octanol–water partition coefficient (Wildman–Crippen LogP) is 4.73. The summed E-state index contributed by atoms with van der Waals surface area (Å²) in [5.41, 5.74) is -0.00342. The van der Waals surface area contributed by atoms with E-state index < -0.39 is 17.7 Å². The van der Waals surface area contributed by atoms with E-state index in [1.165, 1.54) is 18.7 Å². The highest BCUT2D eigenvalue weighted by Gasteiger charge is 2.24. The van der Waals surface area contributed by atoms with Crippen LogP contribution in [0.2, 0.25) is 0 Å². The average molecular weight is 417 g/mol. The van der Waals surface area contributed by atoms with Crippen molar-refractivity contribution in [2.24, 2.45) is 0 Å². The second kappa shape index (κ2) is 10.3. The molecule has 2 N–H and O–H groups in total. The summed E-state index contributed by atoms with van der Waals surface area (Å²) in [5.74, 6) is 0.268. The van der Waals surface area contributed by atoms with E-state index >= 15 is 0 Å². The topological polar surface area (TPSA) is 84.5 Å². The Morgan fingerprint density at radius 1 is 1.07 bits per heavy atom. The van der Waals surface area contributed by atoms with Crippen molar-refractivity contribution >= 4 is 45.3 Å². The number of rotatable bonds is 7. The number of fused-ring (bicyclic) bond motifs is 1. The Labute approximate surface area is 175 Å². The molecule has 0 saturated heterocycles. The molecule has 0 aliphatic carbocycles. The highest BCUT2D eigenvalue weighted by molar-refractivity contribution is 8.13. The first kappa shape index (κ1) is 22.7. The van der Waals surface area contributed by atoms with E-state index in [0.717, 1.165) is 10.8 Å². The van der Waals surface area contributed by atoms with Crippen molar-refractivity contribution in [3.05, 3.63) is 42.5 Å². The summed E-state index contributed by atoms with van der Waals surface area (Å²) in [6.45, 7) is 6.80. The van der Waals surface area contributed by atoms with Gasteiger partial charge in [0.15, 0.2) is 5.12 Å². The van der Waals surface area contributed by atoms with E-state index in [-0.39, 0.29) is 11.0 Å². The molecule has 0 heterocycles. The van der Waals surface area contributed by atoms with Crippen LogP contribution in [0.3, 0.4) is 0 Å². The van der Waals surface area contributed by atoms with Crippen LogP contribution in [0, 0.1) is 0 Å². The van der Waals surface area contributed by atoms with Crippen molar-refractivity contribution in [1.82, 2.24) is 5.32 Å². The number of hydrogen-bond donors (Lipinski definition) is 2. The summed E-state index contributed by atoms with van der Waals surface area (Å²) in [7, 11) is 0. The zero-order valence-electron chi connectivity index (χ0n) is 17.3. The van der Waals surface area contributed by atoms with Gasteiger partial charge in [-0.2, -0.15) is 0 Å². The molecule has 0 spiro atoms. The maximum absolute atomic E-state index is 12.8. The maximum atomic E-state index is 12.8. The standard InChI is InChI=1S/C22H28N2O4S/c1-15(25)29-13-7-10-19(24-21(27)28-22(2,3)4)20(26)23-18-12-11-16-8-5-6-9-17(16)14-18/h5-6,8-9,11-12,14,19H,7,10,13H2,1-4H3,(H,23,26)(H,24,27)/t19-/m0/s1. The second-order valence-corrected chi connectivity index (χ2v) is 9.00. The fraction of sp³-hybridized carbons (Fsp3) is 0.409. The first-order valence-corrected chi connectivity index (χ1v) is 10.6. The quantitative estimate of drug-likeness (QED) is 0.638. The molecule has 2 aromatic carbocycles. The Balaban J connectivity index is 2.06. The highest BCUT2D eigenvalue weighted by Crippen LogP contribution is 2.19. The van der Waals surface area contributed by atoms with E-state index in [1.54, 1.807) is 20.8 Å². The number of ether oxygens (including phenoxy) is 1. The number of carbonyl (C=O) groups excluding carboxylic acids is 3. The van der Waals surface area contributed by atoms with Gasteiger partial charge in [-0.05, 0) is 56.5 Å². The predicted molar refractivity (Wildman–Crippen MR) is 118 cm³/mol. The molecule has 0 fully saturated rings. The van der Waals surface area contributed by atoms with E-state index in [9.17, 15) is 14.4 Å². The van der Waals surface area contributed by atoms with Crippen molar-refractivity contribution in [2.75, 3.05) is 11.1 Å². The summed E-state index contributed by atoms with van der Waals surface area (Å²) in [6, 6.07) is 12.8. The molecule has 29 heavy (non-hydrogen) atoms. The van der Waals surface area contributed by atoms with E-state index in [4.69, 9.17) is 4.74 Å². The third kappa shape index (κ3) is 8.15. The Morgan fingerprint density at radius 2 is 1.76 bits per heavy atom. The fourth-order valence-corrected chi connectivity index (χ4v) is 3.32. The van der Waals surface area contributed by atoms with Crippen LogP contribution in [0.5, 0.6) is 0 Å². The van der Waals surface area contributed by atoms with Gasteiger partial charge >= 0.3 is 6.09 Å². The number of carbonyl (C=O) groups is 3. The van der Waals surface area contributed by atoms with Crippen LogP contribution in [0.25, 0.3) is 10.8 Å². The van der Waals surface area contributed by atoms with Crippen LogP contribution >= 0.6 is 11.8 Å². The summed E-state index contributed by atoms with van der Waals surface area (Å²) in [4.78, 5) is 36.1. The fourth-order valence-electron chi connectivity index (χ4n) is 2.72. The minimum absolute atomic E-state index is 0.0299. The molecule has 0 unspecified atom stereocenters. The largest absolute Gasteiger partial charge is 0.444 e. The van der Waals surface area contributed by atoms with Gasteiger partial charge in [-0.15, -0.1) is 0 Å².